The van der Waals surface area contributed by atoms with Gasteiger partial charge in [-0.1, -0.05) is 5.21 Å². The molecule has 1 aliphatic rings. The average molecular weight is 300 g/mol. The summed E-state index contributed by atoms with van der Waals surface area (Å²) in [6.07, 6.45) is 1.67. The lowest BCUT2D eigenvalue weighted by atomic mass is 10.4. The molecule has 0 bridgehead atoms. The van der Waals surface area contributed by atoms with Crippen LogP contribution in [0.4, 0.5) is 13.2 Å². The zero-order valence-electron chi connectivity index (χ0n) is 11.2. The van der Waals surface area contributed by atoms with Crippen molar-refractivity contribution in [3.05, 3.63) is 29.8 Å². The molecule has 0 radical (unpaired) electrons. The normalized spacial score (nSPS) is 15.6. The number of hydrogen-bond donors (Lipinski definition) is 1. The van der Waals surface area contributed by atoms with Crippen molar-refractivity contribution in [2.24, 2.45) is 0 Å². The third-order valence-corrected chi connectivity index (χ3v) is 3.25. The second kappa shape index (κ2) is 5.47. The summed E-state index contributed by atoms with van der Waals surface area (Å²) in [6, 6.07) is 0.597. The number of hydrogen-bond acceptors (Lipinski definition) is 4. The Labute approximate surface area is 118 Å². The minimum absolute atomic E-state index is 0.314. The molecule has 0 unspecified atom stereocenters. The van der Waals surface area contributed by atoms with Gasteiger partial charge < -0.3 is 5.32 Å². The van der Waals surface area contributed by atoms with E-state index in [-0.39, 0.29) is 0 Å². The van der Waals surface area contributed by atoms with E-state index in [1.165, 1.54) is 17.5 Å². The Morgan fingerprint density at radius 2 is 1.95 bits per heavy atom. The lowest BCUT2D eigenvalue weighted by Gasteiger charge is -2.02. The van der Waals surface area contributed by atoms with Crippen LogP contribution in [0, 0.1) is 0 Å². The van der Waals surface area contributed by atoms with Crippen molar-refractivity contribution in [3.8, 4) is 0 Å². The highest BCUT2D eigenvalue weighted by Gasteiger charge is 2.32. The Morgan fingerprint density at radius 3 is 2.62 bits per heavy atom. The fourth-order valence-corrected chi connectivity index (χ4v) is 1.90. The molecule has 21 heavy (non-hydrogen) atoms. The van der Waals surface area contributed by atoms with Crippen molar-refractivity contribution in [2.45, 2.75) is 44.7 Å². The number of nitrogens with zero attached hydrogens (tertiary/aromatic N) is 5. The van der Waals surface area contributed by atoms with E-state index in [0.717, 1.165) is 18.1 Å². The smallest absolute Gasteiger partial charge is 0.308 e. The van der Waals surface area contributed by atoms with Gasteiger partial charge in [0.25, 0.3) is 0 Å². The molecule has 0 aliphatic heterocycles. The van der Waals surface area contributed by atoms with Crippen LogP contribution >= 0.6 is 0 Å². The summed E-state index contributed by atoms with van der Waals surface area (Å²) < 4.78 is 40.2. The van der Waals surface area contributed by atoms with Crippen LogP contribution in [0.15, 0.2) is 18.6 Å². The molecule has 0 saturated heterocycles. The van der Waals surface area contributed by atoms with Gasteiger partial charge in [-0.15, -0.1) is 5.10 Å². The minimum atomic E-state index is -4.35. The quantitative estimate of drug-likeness (QED) is 0.877. The highest BCUT2D eigenvalue weighted by atomic mass is 19.4. The molecule has 0 amide bonds. The van der Waals surface area contributed by atoms with Crippen molar-refractivity contribution in [3.63, 3.8) is 0 Å². The number of aromatic nitrogens is 5. The van der Waals surface area contributed by atoms with E-state index in [4.69, 9.17) is 0 Å². The van der Waals surface area contributed by atoms with Crippen molar-refractivity contribution in [2.75, 3.05) is 0 Å². The summed E-state index contributed by atoms with van der Waals surface area (Å²) in [7, 11) is 0. The maximum Gasteiger partial charge on any atom is 0.419 e. The molecular formula is C12H15F3N6. The number of halogens is 3. The average Bonchev–Trinajstić information content (AvgIpc) is 2.95. The molecule has 1 aliphatic carbocycles. The summed E-state index contributed by atoms with van der Waals surface area (Å²) in [5.41, 5.74) is 0.0914. The number of aryl methyl sites for hydroxylation is 2. The second-order valence-corrected chi connectivity index (χ2v) is 5.12. The maximum atomic E-state index is 12.4. The van der Waals surface area contributed by atoms with E-state index in [1.54, 1.807) is 10.9 Å². The molecule has 0 aromatic carbocycles. The molecule has 1 saturated carbocycles. The summed E-state index contributed by atoms with van der Waals surface area (Å²) in [4.78, 5) is 0. The summed E-state index contributed by atoms with van der Waals surface area (Å²) in [6.45, 7) is 1.41. The molecule has 9 heteroatoms. The predicted molar refractivity (Wildman–Crippen MR) is 67.1 cm³/mol. The van der Waals surface area contributed by atoms with Gasteiger partial charge in [0.05, 0.1) is 30.5 Å². The van der Waals surface area contributed by atoms with E-state index in [0.29, 0.717) is 25.7 Å². The fraction of sp³-hybridized carbons (Fsp3) is 0.583. The summed E-state index contributed by atoms with van der Waals surface area (Å²) in [5, 5.41) is 15.0. The van der Waals surface area contributed by atoms with Crippen molar-refractivity contribution in [1.82, 2.24) is 30.1 Å². The van der Waals surface area contributed by atoms with Crippen LogP contribution < -0.4 is 5.32 Å². The summed E-state index contributed by atoms with van der Waals surface area (Å²) in [5.74, 6) is 0. The Morgan fingerprint density at radius 1 is 1.19 bits per heavy atom. The Hall–Kier alpha value is -1.90. The van der Waals surface area contributed by atoms with Crippen LogP contribution in [0.25, 0.3) is 0 Å². The zero-order chi connectivity index (χ0) is 14.9. The first-order chi connectivity index (χ1) is 10.0. The van der Waals surface area contributed by atoms with Gasteiger partial charge in [0.1, 0.15) is 0 Å². The van der Waals surface area contributed by atoms with E-state index in [1.807, 2.05) is 0 Å². The Balaban J connectivity index is 1.51. The largest absolute Gasteiger partial charge is 0.419 e. The first kappa shape index (κ1) is 14.1. The molecule has 2 heterocycles. The van der Waals surface area contributed by atoms with Gasteiger partial charge in [-0.05, 0) is 12.8 Å². The standard InChI is InChI=1S/C12H15F3N6/c13-12(14,15)9-5-17-20(7-9)3-4-21-8-11(18-19-21)6-16-10-1-2-10/h5,7-8,10,16H,1-4,6H2. The lowest BCUT2D eigenvalue weighted by molar-refractivity contribution is -0.137. The first-order valence-electron chi connectivity index (χ1n) is 6.73. The van der Waals surface area contributed by atoms with Gasteiger partial charge in [0.2, 0.25) is 0 Å². The maximum absolute atomic E-state index is 12.4. The highest BCUT2D eigenvalue weighted by molar-refractivity contribution is 5.08. The van der Waals surface area contributed by atoms with Crippen LogP contribution in [0.5, 0.6) is 0 Å². The van der Waals surface area contributed by atoms with Crippen LogP contribution in [-0.4, -0.2) is 30.8 Å². The zero-order valence-corrected chi connectivity index (χ0v) is 11.2. The fourth-order valence-electron chi connectivity index (χ4n) is 1.90. The van der Waals surface area contributed by atoms with E-state index in [9.17, 15) is 13.2 Å². The summed E-state index contributed by atoms with van der Waals surface area (Å²) >= 11 is 0. The molecule has 114 valence electrons. The van der Waals surface area contributed by atoms with E-state index in [2.05, 4.69) is 20.7 Å². The molecule has 0 atom stereocenters. The second-order valence-electron chi connectivity index (χ2n) is 5.12. The van der Waals surface area contributed by atoms with Gasteiger partial charge in [0, 0.05) is 25.0 Å². The number of nitrogens with one attached hydrogen (secondary N) is 1. The molecule has 3 rings (SSSR count). The van der Waals surface area contributed by atoms with Crippen LogP contribution in [0.1, 0.15) is 24.1 Å². The van der Waals surface area contributed by atoms with Crippen molar-refractivity contribution < 1.29 is 13.2 Å². The minimum Gasteiger partial charge on any atom is -0.308 e. The monoisotopic (exact) mass is 300 g/mol. The van der Waals surface area contributed by atoms with Gasteiger partial charge in [-0.3, -0.25) is 9.36 Å². The van der Waals surface area contributed by atoms with Gasteiger partial charge in [-0.25, -0.2) is 0 Å². The van der Waals surface area contributed by atoms with Crippen LogP contribution in [0.3, 0.4) is 0 Å². The van der Waals surface area contributed by atoms with Gasteiger partial charge in [0.15, 0.2) is 0 Å². The predicted octanol–water partition coefficient (Wildman–Crippen LogP) is 1.45. The Kier molecular flexibility index (Phi) is 3.66. The first-order valence-corrected chi connectivity index (χ1v) is 6.73. The third kappa shape index (κ3) is 3.81. The lowest BCUT2D eigenvalue weighted by Crippen LogP contribution is -2.15. The van der Waals surface area contributed by atoms with Crippen LogP contribution in [0.2, 0.25) is 0 Å². The van der Waals surface area contributed by atoms with Gasteiger partial charge in [-0.2, -0.15) is 18.3 Å². The Bertz CT molecular complexity index is 598. The van der Waals surface area contributed by atoms with E-state index < -0.39 is 11.7 Å². The molecule has 2 aromatic rings. The molecule has 1 fully saturated rings. The number of rotatable bonds is 6. The molecule has 2 aromatic heterocycles. The van der Waals surface area contributed by atoms with Crippen molar-refractivity contribution >= 4 is 0 Å². The SMILES string of the molecule is FC(F)(F)c1cnn(CCn2cc(CNC3CC3)nn2)c1. The number of alkyl halides is 3. The molecular weight excluding hydrogens is 285 g/mol. The van der Waals surface area contributed by atoms with Gasteiger partial charge >= 0.3 is 6.18 Å². The molecule has 0 spiro atoms. The van der Waals surface area contributed by atoms with Crippen LogP contribution in [-0.2, 0) is 25.8 Å². The topological polar surface area (TPSA) is 60.6 Å². The third-order valence-electron chi connectivity index (χ3n) is 3.25. The van der Waals surface area contributed by atoms with Crippen molar-refractivity contribution in [1.29, 1.82) is 0 Å². The van der Waals surface area contributed by atoms with E-state index >= 15 is 0 Å². The molecule has 1 N–H and O–H groups in total. The molecule has 6 nitrogen and oxygen atoms in total. The highest BCUT2D eigenvalue weighted by Crippen LogP contribution is 2.28.